The lowest BCUT2D eigenvalue weighted by atomic mass is 10.2. The van der Waals surface area contributed by atoms with Crippen molar-refractivity contribution in [1.82, 2.24) is 4.57 Å². The van der Waals surface area contributed by atoms with Gasteiger partial charge in [-0.25, -0.2) is 4.39 Å². The topological polar surface area (TPSA) is 69.9 Å². The van der Waals surface area contributed by atoms with Crippen LogP contribution in [-0.2, 0) is 16.1 Å². The Bertz CT molecular complexity index is 1070. The standard InChI is InChI=1S/C19H17FN2O4S/c1-25-12-7-8-16-15(11-12)22(10-9-17(23)26-2)19(27-16)21-18(24)13-5-3-4-6-14(13)20/h3-8,11H,9-10H2,1-2H3. The minimum atomic E-state index is -0.682. The van der Waals surface area contributed by atoms with Gasteiger partial charge in [-0.05, 0) is 24.3 Å². The number of carbonyl (C=O) groups is 2. The Kier molecular flexibility index (Phi) is 5.66. The van der Waals surface area contributed by atoms with Gasteiger partial charge in [-0.2, -0.15) is 4.99 Å². The van der Waals surface area contributed by atoms with Crippen molar-refractivity contribution in [1.29, 1.82) is 0 Å². The molecule has 0 aliphatic carbocycles. The maximum absolute atomic E-state index is 13.9. The number of hydrogen-bond donors (Lipinski definition) is 0. The molecule has 0 N–H and O–H groups in total. The summed E-state index contributed by atoms with van der Waals surface area (Å²) in [5, 5.41) is 0. The van der Waals surface area contributed by atoms with Crippen LogP contribution in [-0.4, -0.2) is 30.7 Å². The average Bonchev–Trinajstić information content (AvgIpc) is 3.02. The summed E-state index contributed by atoms with van der Waals surface area (Å²) in [6.07, 6.45) is 0.112. The summed E-state index contributed by atoms with van der Waals surface area (Å²) in [5.41, 5.74) is 0.662. The molecular weight excluding hydrogens is 371 g/mol. The van der Waals surface area contributed by atoms with Crippen molar-refractivity contribution in [2.24, 2.45) is 4.99 Å². The zero-order chi connectivity index (χ0) is 19.4. The number of methoxy groups -OCH3 is 2. The van der Waals surface area contributed by atoms with E-state index in [9.17, 15) is 14.0 Å². The molecule has 0 aliphatic rings. The first kappa shape index (κ1) is 18.8. The predicted molar refractivity (Wildman–Crippen MR) is 99.3 cm³/mol. The van der Waals surface area contributed by atoms with Crippen LogP contribution in [0, 0.1) is 5.82 Å². The Morgan fingerprint density at radius 2 is 1.96 bits per heavy atom. The maximum Gasteiger partial charge on any atom is 0.307 e. The number of amides is 1. The molecule has 0 saturated heterocycles. The van der Waals surface area contributed by atoms with Crippen molar-refractivity contribution in [3.8, 4) is 5.75 Å². The summed E-state index contributed by atoms with van der Waals surface area (Å²) in [7, 11) is 2.87. The molecular formula is C19H17FN2O4S. The van der Waals surface area contributed by atoms with Gasteiger partial charge in [0.2, 0.25) is 0 Å². The fraction of sp³-hybridized carbons (Fsp3) is 0.211. The third-order valence-corrected chi connectivity index (χ3v) is 5.02. The van der Waals surface area contributed by atoms with Crippen LogP contribution in [0.3, 0.4) is 0 Å². The summed E-state index contributed by atoms with van der Waals surface area (Å²) in [5.74, 6) is -1.05. The van der Waals surface area contributed by atoms with Gasteiger partial charge in [-0.15, -0.1) is 0 Å². The minimum absolute atomic E-state index is 0.105. The second kappa shape index (κ2) is 8.13. The number of esters is 1. The number of nitrogens with zero attached hydrogens (tertiary/aromatic N) is 2. The number of benzene rings is 2. The number of ether oxygens (including phenoxy) is 2. The van der Waals surface area contributed by atoms with E-state index in [1.807, 2.05) is 6.07 Å². The summed E-state index contributed by atoms with van der Waals surface area (Å²) in [4.78, 5) is 28.5. The Labute approximate surface area is 158 Å². The van der Waals surface area contributed by atoms with E-state index in [1.54, 1.807) is 29.9 Å². The number of carbonyl (C=O) groups excluding carboxylic acids is 2. The van der Waals surface area contributed by atoms with Gasteiger partial charge in [-0.3, -0.25) is 9.59 Å². The van der Waals surface area contributed by atoms with Crippen molar-refractivity contribution < 1.29 is 23.5 Å². The van der Waals surface area contributed by atoms with Crippen molar-refractivity contribution in [2.75, 3.05) is 14.2 Å². The highest BCUT2D eigenvalue weighted by atomic mass is 32.1. The van der Waals surface area contributed by atoms with Gasteiger partial charge < -0.3 is 14.0 Å². The van der Waals surface area contributed by atoms with Crippen LogP contribution in [0.1, 0.15) is 16.8 Å². The van der Waals surface area contributed by atoms with E-state index in [4.69, 9.17) is 9.47 Å². The summed E-state index contributed by atoms with van der Waals surface area (Å²) in [6.45, 7) is 0.267. The molecule has 2 aromatic carbocycles. The van der Waals surface area contributed by atoms with Crippen LogP contribution >= 0.6 is 11.3 Å². The molecule has 0 unspecified atom stereocenters. The fourth-order valence-electron chi connectivity index (χ4n) is 2.56. The second-order valence-electron chi connectivity index (χ2n) is 5.59. The summed E-state index contributed by atoms with van der Waals surface area (Å²) >= 11 is 1.28. The lowest BCUT2D eigenvalue weighted by Crippen LogP contribution is -2.19. The first-order valence-electron chi connectivity index (χ1n) is 8.11. The molecule has 1 amide bonds. The fourth-order valence-corrected chi connectivity index (χ4v) is 3.60. The zero-order valence-corrected chi connectivity index (χ0v) is 15.6. The van der Waals surface area contributed by atoms with Crippen LogP contribution < -0.4 is 9.54 Å². The van der Waals surface area contributed by atoms with E-state index < -0.39 is 11.7 Å². The van der Waals surface area contributed by atoms with Crippen molar-refractivity contribution in [3.63, 3.8) is 0 Å². The number of fused-ring (bicyclic) bond motifs is 1. The van der Waals surface area contributed by atoms with Crippen LogP contribution in [0.25, 0.3) is 10.2 Å². The predicted octanol–water partition coefficient (Wildman–Crippen LogP) is 3.15. The monoisotopic (exact) mass is 388 g/mol. The normalized spacial score (nSPS) is 11.6. The molecule has 0 spiro atoms. The van der Waals surface area contributed by atoms with Crippen LogP contribution in [0.2, 0.25) is 0 Å². The lowest BCUT2D eigenvalue weighted by molar-refractivity contribution is -0.140. The van der Waals surface area contributed by atoms with E-state index in [2.05, 4.69) is 4.99 Å². The molecule has 0 bridgehead atoms. The van der Waals surface area contributed by atoms with E-state index in [-0.39, 0.29) is 24.5 Å². The number of aryl methyl sites for hydroxylation is 1. The molecule has 3 rings (SSSR count). The molecule has 1 aromatic heterocycles. The van der Waals surface area contributed by atoms with Gasteiger partial charge in [0, 0.05) is 12.6 Å². The molecule has 0 radical (unpaired) electrons. The third-order valence-electron chi connectivity index (χ3n) is 3.96. The van der Waals surface area contributed by atoms with Crippen LogP contribution in [0.5, 0.6) is 5.75 Å². The highest BCUT2D eigenvalue weighted by Gasteiger charge is 2.14. The number of hydrogen-bond acceptors (Lipinski definition) is 5. The van der Waals surface area contributed by atoms with Gasteiger partial charge in [0.15, 0.2) is 4.80 Å². The molecule has 0 fully saturated rings. The van der Waals surface area contributed by atoms with E-state index in [0.29, 0.717) is 10.6 Å². The van der Waals surface area contributed by atoms with Gasteiger partial charge in [-0.1, -0.05) is 23.5 Å². The first-order chi connectivity index (χ1) is 13.0. The minimum Gasteiger partial charge on any atom is -0.497 e. The largest absolute Gasteiger partial charge is 0.497 e. The molecule has 3 aromatic rings. The summed E-state index contributed by atoms with van der Waals surface area (Å²) < 4.78 is 26.4. The number of halogens is 1. The zero-order valence-electron chi connectivity index (χ0n) is 14.8. The molecule has 140 valence electrons. The SMILES string of the molecule is COC(=O)CCn1c(=NC(=O)c2ccccc2F)sc2ccc(OC)cc21. The van der Waals surface area contributed by atoms with E-state index in [0.717, 1.165) is 10.2 Å². The van der Waals surface area contributed by atoms with Crippen LogP contribution in [0.15, 0.2) is 47.5 Å². The second-order valence-corrected chi connectivity index (χ2v) is 6.60. The molecule has 1 heterocycles. The van der Waals surface area contributed by atoms with Crippen LogP contribution in [0.4, 0.5) is 4.39 Å². The van der Waals surface area contributed by atoms with Crippen molar-refractivity contribution in [3.05, 3.63) is 58.6 Å². The Morgan fingerprint density at radius 1 is 1.19 bits per heavy atom. The quantitative estimate of drug-likeness (QED) is 0.630. The third kappa shape index (κ3) is 4.06. The van der Waals surface area contributed by atoms with Crippen molar-refractivity contribution in [2.45, 2.75) is 13.0 Å². The Hall–Kier alpha value is -3.00. The molecule has 27 heavy (non-hydrogen) atoms. The maximum atomic E-state index is 13.9. The number of rotatable bonds is 5. The van der Waals surface area contributed by atoms with Gasteiger partial charge in [0.25, 0.3) is 5.91 Å². The highest BCUT2D eigenvalue weighted by Crippen LogP contribution is 2.23. The van der Waals surface area contributed by atoms with E-state index in [1.165, 1.54) is 36.6 Å². The van der Waals surface area contributed by atoms with Gasteiger partial charge in [0.05, 0.1) is 36.4 Å². The Morgan fingerprint density at radius 3 is 2.67 bits per heavy atom. The lowest BCUT2D eigenvalue weighted by Gasteiger charge is -2.06. The number of thiazole rings is 1. The van der Waals surface area contributed by atoms with Crippen molar-refractivity contribution >= 4 is 33.4 Å². The Balaban J connectivity index is 2.11. The molecule has 6 nitrogen and oxygen atoms in total. The highest BCUT2D eigenvalue weighted by molar-refractivity contribution is 7.16. The van der Waals surface area contributed by atoms with Gasteiger partial charge >= 0.3 is 5.97 Å². The molecule has 0 aliphatic heterocycles. The first-order valence-corrected chi connectivity index (χ1v) is 8.93. The van der Waals surface area contributed by atoms with E-state index >= 15 is 0 Å². The average molecular weight is 388 g/mol. The number of aromatic nitrogens is 1. The summed E-state index contributed by atoms with van der Waals surface area (Å²) in [6, 6.07) is 11.1. The van der Waals surface area contributed by atoms with Gasteiger partial charge in [0.1, 0.15) is 11.6 Å². The molecule has 0 saturated carbocycles. The molecule has 0 atom stereocenters. The smallest absolute Gasteiger partial charge is 0.307 e. The molecule has 8 heteroatoms.